The molecule has 3 aromatic rings. The van der Waals surface area contributed by atoms with Crippen molar-refractivity contribution in [2.75, 3.05) is 12.0 Å². The van der Waals surface area contributed by atoms with Crippen LogP contribution >= 0.6 is 0 Å². The zero-order valence-corrected chi connectivity index (χ0v) is 15.1. The maximum Gasteiger partial charge on any atom is 0.266 e. The van der Waals surface area contributed by atoms with E-state index in [1.165, 1.54) is 7.11 Å². The molecule has 1 heterocycles. The predicted molar refractivity (Wildman–Crippen MR) is 107 cm³/mol. The minimum atomic E-state index is -0.448. The van der Waals surface area contributed by atoms with Gasteiger partial charge in [-0.1, -0.05) is 42.5 Å². The Hall–Kier alpha value is -3.86. The van der Waals surface area contributed by atoms with Gasteiger partial charge in [0.1, 0.15) is 11.5 Å². The summed E-state index contributed by atoms with van der Waals surface area (Å²) >= 11 is 0. The first kappa shape index (κ1) is 17.5. The Morgan fingerprint density at radius 2 is 1.57 bits per heavy atom. The lowest BCUT2D eigenvalue weighted by Gasteiger charge is -2.29. The number of carbonyl (C=O) groups excluding carboxylic acids is 2. The summed E-state index contributed by atoms with van der Waals surface area (Å²) in [7, 11) is 1.50. The molecule has 0 radical (unpaired) electrons. The van der Waals surface area contributed by atoms with Gasteiger partial charge in [0.25, 0.3) is 11.8 Å². The van der Waals surface area contributed by atoms with Crippen LogP contribution in [0.1, 0.15) is 21.5 Å². The van der Waals surface area contributed by atoms with Crippen molar-refractivity contribution in [3.8, 4) is 11.5 Å². The summed E-state index contributed by atoms with van der Waals surface area (Å²) in [4.78, 5) is 27.6. The van der Waals surface area contributed by atoms with E-state index in [2.05, 4.69) is 0 Å². The van der Waals surface area contributed by atoms with E-state index < -0.39 is 11.8 Å². The van der Waals surface area contributed by atoms with Gasteiger partial charge in [-0.3, -0.25) is 9.59 Å². The molecule has 0 saturated heterocycles. The van der Waals surface area contributed by atoms with Crippen LogP contribution in [0.3, 0.4) is 0 Å². The smallest absolute Gasteiger partial charge is 0.266 e. The number of phenols is 1. The first-order chi connectivity index (χ1) is 13.6. The molecule has 138 valence electrons. The number of amides is 2. The third kappa shape index (κ3) is 2.93. The maximum atomic E-state index is 13.4. The molecule has 1 aliphatic rings. The number of phenolic OH excluding ortho intramolecular Hbond substituents is 1. The minimum absolute atomic E-state index is 0.101. The molecule has 0 aliphatic carbocycles. The van der Waals surface area contributed by atoms with E-state index in [-0.39, 0.29) is 5.75 Å². The monoisotopic (exact) mass is 371 g/mol. The summed E-state index contributed by atoms with van der Waals surface area (Å²) in [5.41, 5.74) is 2.40. The molecule has 0 atom stereocenters. The zero-order chi connectivity index (χ0) is 19.7. The summed E-state index contributed by atoms with van der Waals surface area (Å²) in [6.45, 7) is 0. The Labute approximate surface area is 162 Å². The third-order valence-electron chi connectivity index (χ3n) is 4.59. The fourth-order valence-electron chi connectivity index (χ4n) is 3.31. The van der Waals surface area contributed by atoms with Crippen LogP contribution in [-0.4, -0.2) is 24.0 Å². The van der Waals surface area contributed by atoms with E-state index in [4.69, 9.17) is 4.74 Å². The van der Waals surface area contributed by atoms with Crippen LogP contribution in [-0.2, 0) is 4.79 Å². The van der Waals surface area contributed by atoms with Gasteiger partial charge in [-0.05, 0) is 47.5 Å². The van der Waals surface area contributed by atoms with Crippen molar-refractivity contribution in [3.05, 3.63) is 89.5 Å². The molecule has 3 aromatic carbocycles. The second-order valence-electron chi connectivity index (χ2n) is 6.32. The van der Waals surface area contributed by atoms with E-state index >= 15 is 0 Å². The number of aromatic hydroxyl groups is 1. The molecule has 1 N–H and O–H groups in total. The highest BCUT2D eigenvalue weighted by atomic mass is 16.5. The number of methoxy groups -OCH3 is 1. The molecule has 4 rings (SSSR count). The number of ether oxygens (including phenoxy) is 1. The molecular weight excluding hydrogens is 354 g/mol. The van der Waals surface area contributed by atoms with Crippen LogP contribution in [0.4, 0.5) is 5.69 Å². The van der Waals surface area contributed by atoms with Crippen LogP contribution in [0.5, 0.6) is 11.5 Å². The van der Waals surface area contributed by atoms with Crippen molar-refractivity contribution in [1.29, 1.82) is 0 Å². The number of nitrogens with zero attached hydrogens (tertiary/aromatic N) is 1. The van der Waals surface area contributed by atoms with Gasteiger partial charge in [0.15, 0.2) is 0 Å². The summed E-state index contributed by atoms with van der Waals surface area (Å²) in [5.74, 6) is -0.321. The standard InChI is InChI=1S/C23H17NO4/c1-28-21-12-5-4-11-20(21)24-22(26)18-10-3-2-9-17(18)19(23(24)27)14-15-7-6-8-16(25)13-15/h2-14,25H,1H3/b19-14-. The number of fused-ring (bicyclic) bond motifs is 1. The molecule has 5 heteroatoms. The summed E-state index contributed by atoms with van der Waals surface area (Å²) in [5, 5.41) is 9.75. The summed E-state index contributed by atoms with van der Waals surface area (Å²) < 4.78 is 5.35. The van der Waals surface area contributed by atoms with Gasteiger partial charge in [-0.2, -0.15) is 0 Å². The molecule has 1 aliphatic heterocycles. The summed E-state index contributed by atoms with van der Waals surface area (Å²) in [6.07, 6.45) is 1.68. The molecule has 0 bridgehead atoms. The average Bonchev–Trinajstić information content (AvgIpc) is 2.72. The lowest BCUT2D eigenvalue weighted by molar-refractivity contribution is -0.112. The van der Waals surface area contributed by atoms with Crippen molar-refractivity contribution in [2.24, 2.45) is 0 Å². The van der Waals surface area contributed by atoms with Gasteiger partial charge >= 0.3 is 0 Å². The van der Waals surface area contributed by atoms with E-state index in [0.717, 1.165) is 4.90 Å². The van der Waals surface area contributed by atoms with Crippen molar-refractivity contribution in [1.82, 2.24) is 0 Å². The number of anilines is 1. The van der Waals surface area contributed by atoms with Gasteiger partial charge in [-0.15, -0.1) is 0 Å². The van der Waals surface area contributed by atoms with Crippen LogP contribution in [0.15, 0.2) is 72.8 Å². The first-order valence-corrected chi connectivity index (χ1v) is 8.72. The number of carbonyl (C=O) groups is 2. The van der Waals surface area contributed by atoms with Crippen LogP contribution in [0, 0.1) is 0 Å². The zero-order valence-electron chi connectivity index (χ0n) is 15.1. The van der Waals surface area contributed by atoms with Gasteiger partial charge in [0, 0.05) is 11.1 Å². The molecule has 5 nitrogen and oxygen atoms in total. The maximum absolute atomic E-state index is 13.4. The van der Waals surface area contributed by atoms with Crippen molar-refractivity contribution < 1.29 is 19.4 Å². The number of hydrogen-bond donors (Lipinski definition) is 1. The number of hydrogen-bond acceptors (Lipinski definition) is 4. The molecule has 2 amide bonds. The van der Waals surface area contributed by atoms with Crippen molar-refractivity contribution in [3.63, 3.8) is 0 Å². The van der Waals surface area contributed by atoms with E-state index in [0.29, 0.717) is 33.7 Å². The highest BCUT2D eigenvalue weighted by Crippen LogP contribution is 2.37. The van der Waals surface area contributed by atoms with Crippen molar-refractivity contribution in [2.45, 2.75) is 0 Å². The Balaban J connectivity index is 1.93. The normalized spacial score (nSPS) is 14.9. The number of imide groups is 1. The average molecular weight is 371 g/mol. The topological polar surface area (TPSA) is 66.8 Å². The Morgan fingerprint density at radius 1 is 0.857 bits per heavy atom. The largest absolute Gasteiger partial charge is 0.508 e. The van der Waals surface area contributed by atoms with E-state index in [1.807, 2.05) is 0 Å². The second-order valence-corrected chi connectivity index (χ2v) is 6.32. The molecule has 0 saturated carbocycles. The highest BCUT2D eigenvalue weighted by molar-refractivity contribution is 6.43. The first-order valence-electron chi connectivity index (χ1n) is 8.72. The van der Waals surface area contributed by atoms with Gasteiger partial charge < -0.3 is 9.84 Å². The molecule has 0 fully saturated rings. The molecule has 0 unspecified atom stereocenters. The highest BCUT2D eigenvalue weighted by Gasteiger charge is 2.36. The van der Waals surface area contributed by atoms with Crippen LogP contribution < -0.4 is 9.64 Å². The molecule has 28 heavy (non-hydrogen) atoms. The lowest BCUT2D eigenvalue weighted by atomic mass is 9.91. The van der Waals surface area contributed by atoms with Gasteiger partial charge in [0.05, 0.1) is 12.8 Å². The van der Waals surface area contributed by atoms with E-state index in [9.17, 15) is 14.7 Å². The quantitative estimate of drug-likeness (QED) is 0.555. The second kappa shape index (κ2) is 7.04. The Bertz CT molecular complexity index is 1120. The third-order valence-corrected chi connectivity index (χ3v) is 4.59. The minimum Gasteiger partial charge on any atom is -0.508 e. The number of benzene rings is 3. The van der Waals surface area contributed by atoms with Crippen molar-refractivity contribution >= 4 is 29.2 Å². The van der Waals surface area contributed by atoms with Crippen LogP contribution in [0.2, 0.25) is 0 Å². The Kier molecular flexibility index (Phi) is 4.41. The SMILES string of the molecule is COc1ccccc1N1C(=O)/C(=C\c2cccc(O)c2)c2ccccc2C1=O. The molecule has 0 spiro atoms. The lowest BCUT2D eigenvalue weighted by Crippen LogP contribution is -2.42. The van der Waals surface area contributed by atoms with Gasteiger partial charge in [0.2, 0.25) is 0 Å². The number of para-hydroxylation sites is 2. The fourth-order valence-corrected chi connectivity index (χ4v) is 3.31. The number of rotatable bonds is 3. The Morgan fingerprint density at radius 3 is 2.32 bits per heavy atom. The fraction of sp³-hybridized carbons (Fsp3) is 0.0435. The van der Waals surface area contributed by atoms with Gasteiger partial charge in [-0.25, -0.2) is 4.90 Å². The summed E-state index contributed by atoms with van der Waals surface area (Å²) in [6, 6.07) is 20.5. The predicted octanol–water partition coefficient (Wildman–Crippen LogP) is 4.13. The molecular formula is C23H17NO4. The van der Waals surface area contributed by atoms with Crippen LogP contribution in [0.25, 0.3) is 11.6 Å². The molecule has 0 aromatic heterocycles. The van der Waals surface area contributed by atoms with E-state index in [1.54, 1.807) is 78.9 Å².